The Morgan fingerprint density at radius 2 is 2.00 bits per heavy atom. The predicted octanol–water partition coefficient (Wildman–Crippen LogP) is 1.99. The Kier molecular flexibility index (Phi) is 5.78. The molecule has 2 rings (SSSR count). The van der Waals surface area contributed by atoms with Gasteiger partial charge in [-0.1, -0.05) is 44.2 Å². The third-order valence-corrected chi connectivity index (χ3v) is 4.33. The van der Waals surface area contributed by atoms with Crippen LogP contribution < -0.4 is 10.6 Å². The number of nitriles is 1. The molecule has 0 saturated heterocycles. The van der Waals surface area contributed by atoms with E-state index >= 15 is 0 Å². The number of hydrogen-bond donors (Lipinski definition) is 2. The highest BCUT2D eigenvalue weighted by atomic mass is 16.3. The van der Waals surface area contributed by atoms with Crippen LogP contribution in [0.4, 0.5) is 0 Å². The van der Waals surface area contributed by atoms with Crippen LogP contribution in [0.1, 0.15) is 38.1 Å². The SMILES string of the molecule is CC(C)[C@@](C)(C#N)NC(=O)C[NH2+][C@H](c1ccccc1)c1ccco1. The predicted molar refractivity (Wildman–Crippen MR) is 90.8 cm³/mol. The van der Waals surface area contributed by atoms with E-state index in [1.165, 1.54) is 0 Å². The fourth-order valence-electron chi connectivity index (χ4n) is 2.41. The maximum absolute atomic E-state index is 12.3. The number of hydrogen-bond acceptors (Lipinski definition) is 3. The zero-order valence-corrected chi connectivity index (χ0v) is 14.3. The lowest BCUT2D eigenvalue weighted by atomic mass is 9.90. The normalized spacial score (nSPS) is 14.6. The first-order valence-corrected chi connectivity index (χ1v) is 8.10. The molecule has 2 atom stereocenters. The molecule has 1 amide bonds. The third-order valence-electron chi connectivity index (χ3n) is 4.33. The van der Waals surface area contributed by atoms with E-state index in [1.807, 2.05) is 61.6 Å². The Morgan fingerprint density at radius 3 is 2.54 bits per heavy atom. The van der Waals surface area contributed by atoms with Gasteiger partial charge in [0.1, 0.15) is 5.54 Å². The number of rotatable bonds is 7. The number of nitrogens with one attached hydrogen (secondary N) is 1. The molecule has 0 unspecified atom stereocenters. The van der Waals surface area contributed by atoms with Gasteiger partial charge in [-0.05, 0) is 25.0 Å². The smallest absolute Gasteiger partial charge is 0.276 e. The van der Waals surface area contributed by atoms with Crippen molar-refractivity contribution < 1.29 is 14.5 Å². The largest absolute Gasteiger partial charge is 0.463 e. The molecule has 3 N–H and O–H groups in total. The van der Waals surface area contributed by atoms with E-state index in [4.69, 9.17) is 4.42 Å². The quantitative estimate of drug-likeness (QED) is 0.816. The summed E-state index contributed by atoms with van der Waals surface area (Å²) >= 11 is 0. The van der Waals surface area contributed by atoms with Gasteiger partial charge < -0.3 is 15.1 Å². The van der Waals surface area contributed by atoms with E-state index in [0.29, 0.717) is 0 Å². The maximum atomic E-state index is 12.3. The van der Waals surface area contributed by atoms with Crippen molar-refractivity contribution in [1.29, 1.82) is 5.26 Å². The topological polar surface area (TPSA) is 82.6 Å². The van der Waals surface area contributed by atoms with Crippen LogP contribution in [0.25, 0.3) is 0 Å². The Hall–Kier alpha value is -2.58. The van der Waals surface area contributed by atoms with E-state index in [9.17, 15) is 10.1 Å². The van der Waals surface area contributed by atoms with E-state index in [1.54, 1.807) is 13.2 Å². The average molecular weight is 326 g/mol. The lowest BCUT2D eigenvalue weighted by molar-refractivity contribution is -0.678. The van der Waals surface area contributed by atoms with Gasteiger partial charge in [0.05, 0.1) is 12.3 Å². The minimum absolute atomic E-state index is 0.0291. The molecule has 0 aliphatic heterocycles. The summed E-state index contributed by atoms with van der Waals surface area (Å²) in [6.07, 6.45) is 1.63. The Labute approximate surface area is 142 Å². The van der Waals surface area contributed by atoms with Gasteiger partial charge in [-0.15, -0.1) is 0 Å². The average Bonchev–Trinajstić information content (AvgIpc) is 3.10. The van der Waals surface area contributed by atoms with Crippen LogP contribution in [0.2, 0.25) is 0 Å². The molecule has 1 aromatic carbocycles. The maximum Gasteiger partial charge on any atom is 0.276 e. The summed E-state index contributed by atoms with van der Waals surface area (Å²) in [5, 5.41) is 14.1. The van der Waals surface area contributed by atoms with Crippen LogP contribution in [0.5, 0.6) is 0 Å². The standard InChI is InChI=1S/C19H23N3O2/c1-14(2)19(3,13-20)22-17(23)12-21-18(16-10-7-11-24-16)15-8-5-4-6-9-15/h4-11,14,18,21H,12H2,1-3H3,(H,22,23)/p+1/t18-,19-/m1/s1. The zero-order chi connectivity index (χ0) is 17.6. The van der Waals surface area contributed by atoms with E-state index in [0.717, 1.165) is 11.3 Å². The first kappa shape index (κ1) is 17.8. The zero-order valence-electron chi connectivity index (χ0n) is 14.3. The fourth-order valence-corrected chi connectivity index (χ4v) is 2.41. The molecular formula is C19H24N3O2+. The molecule has 0 saturated carbocycles. The molecule has 2 aromatic rings. The molecule has 5 heteroatoms. The number of nitrogens with two attached hydrogens (primary N) is 1. The molecule has 0 radical (unpaired) electrons. The van der Waals surface area contributed by atoms with Gasteiger partial charge in [-0.25, -0.2) is 0 Å². The number of quaternary nitrogens is 1. The van der Waals surface area contributed by atoms with Crippen molar-refractivity contribution in [3.8, 4) is 6.07 Å². The number of amides is 1. The number of nitrogens with zero attached hydrogens (tertiary/aromatic N) is 1. The summed E-state index contributed by atoms with van der Waals surface area (Å²) in [5.41, 5.74) is 0.199. The number of carbonyl (C=O) groups excluding carboxylic acids is 1. The molecule has 5 nitrogen and oxygen atoms in total. The van der Waals surface area contributed by atoms with Crippen LogP contribution in [-0.2, 0) is 4.79 Å². The van der Waals surface area contributed by atoms with E-state index < -0.39 is 5.54 Å². The van der Waals surface area contributed by atoms with E-state index in [-0.39, 0.29) is 24.4 Å². The van der Waals surface area contributed by atoms with Gasteiger partial charge in [-0.2, -0.15) is 5.26 Å². The molecule has 0 spiro atoms. The highest BCUT2D eigenvalue weighted by Gasteiger charge is 2.31. The van der Waals surface area contributed by atoms with Crippen molar-refractivity contribution in [1.82, 2.24) is 5.32 Å². The molecule has 0 bridgehead atoms. The minimum atomic E-state index is -0.863. The summed E-state index contributed by atoms with van der Waals surface area (Å²) in [6, 6.07) is 15.7. The highest BCUT2D eigenvalue weighted by Crippen LogP contribution is 2.18. The van der Waals surface area contributed by atoms with Crippen molar-refractivity contribution >= 4 is 5.91 Å². The fraction of sp³-hybridized carbons (Fsp3) is 0.368. The molecule has 0 aliphatic rings. The number of furan rings is 1. The third kappa shape index (κ3) is 4.24. The highest BCUT2D eigenvalue weighted by molar-refractivity contribution is 5.78. The molecule has 0 fully saturated rings. The van der Waals surface area contributed by atoms with Gasteiger partial charge in [0.15, 0.2) is 18.3 Å². The second-order valence-corrected chi connectivity index (χ2v) is 6.36. The van der Waals surface area contributed by atoms with Gasteiger partial charge in [0.25, 0.3) is 5.91 Å². The first-order chi connectivity index (χ1) is 11.5. The summed E-state index contributed by atoms with van der Waals surface area (Å²) in [6.45, 7) is 5.80. The Bertz CT molecular complexity index is 689. The second kappa shape index (κ2) is 7.80. The monoisotopic (exact) mass is 326 g/mol. The van der Waals surface area contributed by atoms with Gasteiger partial charge >= 0.3 is 0 Å². The molecule has 126 valence electrons. The lowest BCUT2D eigenvalue weighted by Gasteiger charge is -2.27. The summed E-state index contributed by atoms with van der Waals surface area (Å²) in [4.78, 5) is 12.3. The first-order valence-electron chi connectivity index (χ1n) is 8.10. The summed E-state index contributed by atoms with van der Waals surface area (Å²) < 4.78 is 5.53. The second-order valence-electron chi connectivity index (χ2n) is 6.36. The van der Waals surface area contributed by atoms with Crippen LogP contribution in [0, 0.1) is 17.2 Å². The summed E-state index contributed by atoms with van der Waals surface area (Å²) in [5.74, 6) is 0.655. The number of benzene rings is 1. The molecule has 1 aromatic heterocycles. The van der Waals surface area contributed by atoms with E-state index in [2.05, 4.69) is 11.4 Å². The Morgan fingerprint density at radius 1 is 1.29 bits per heavy atom. The molecule has 0 aliphatic carbocycles. The summed E-state index contributed by atoms with van der Waals surface area (Å²) in [7, 11) is 0. The Balaban J connectivity index is 2.07. The van der Waals surface area contributed by atoms with Crippen molar-refractivity contribution in [2.45, 2.75) is 32.4 Å². The lowest BCUT2D eigenvalue weighted by Crippen LogP contribution is -2.88. The number of carbonyl (C=O) groups is 1. The van der Waals surface area contributed by atoms with Crippen molar-refractivity contribution in [3.05, 3.63) is 60.1 Å². The van der Waals surface area contributed by atoms with Crippen LogP contribution in [-0.4, -0.2) is 18.0 Å². The molecule has 1 heterocycles. The van der Waals surface area contributed by atoms with Crippen LogP contribution in [0.15, 0.2) is 53.1 Å². The molecule has 24 heavy (non-hydrogen) atoms. The van der Waals surface area contributed by atoms with Crippen molar-refractivity contribution in [3.63, 3.8) is 0 Å². The van der Waals surface area contributed by atoms with Crippen LogP contribution in [0.3, 0.4) is 0 Å². The van der Waals surface area contributed by atoms with Crippen molar-refractivity contribution in [2.24, 2.45) is 5.92 Å². The van der Waals surface area contributed by atoms with Crippen molar-refractivity contribution in [2.75, 3.05) is 6.54 Å². The minimum Gasteiger partial charge on any atom is -0.463 e. The molecular weight excluding hydrogens is 302 g/mol. The van der Waals surface area contributed by atoms with Gasteiger partial charge in [0, 0.05) is 5.56 Å². The van der Waals surface area contributed by atoms with Gasteiger partial charge in [-0.3, -0.25) is 4.79 Å². The van der Waals surface area contributed by atoms with Crippen LogP contribution >= 0.6 is 0 Å². The van der Waals surface area contributed by atoms with Gasteiger partial charge in [0.2, 0.25) is 0 Å².